The fourth-order valence-electron chi connectivity index (χ4n) is 3.47. The van der Waals surface area contributed by atoms with E-state index in [4.69, 9.17) is 4.42 Å². The molecule has 4 rings (SSSR count). The van der Waals surface area contributed by atoms with E-state index in [-0.39, 0.29) is 23.3 Å². The van der Waals surface area contributed by atoms with Crippen LogP contribution in [0.4, 0.5) is 10.1 Å². The molecule has 2 amide bonds. The summed E-state index contributed by atoms with van der Waals surface area (Å²) in [7, 11) is 0. The van der Waals surface area contributed by atoms with Crippen molar-refractivity contribution in [2.75, 3.05) is 31.1 Å². The van der Waals surface area contributed by atoms with Gasteiger partial charge in [-0.2, -0.15) is 0 Å². The standard InChI is InChI=1S/C24H21FIN3O3/c25-18-6-8-19(9-7-18)28-12-14-29(15-13-28)24(31)21(16-20-10-11-22(26)32-20)27-23(30)17-4-2-1-3-5-17/h1-11,16H,12-15H2,(H,27,30)/b21-16-. The number of amides is 2. The molecule has 0 saturated carbocycles. The zero-order valence-electron chi connectivity index (χ0n) is 17.1. The second-order valence-electron chi connectivity index (χ2n) is 7.28. The first-order chi connectivity index (χ1) is 15.5. The number of hydrogen-bond donors (Lipinski definition) is 1. The Bertz CT molecular complexity index is 1120. The van der Waals surface area contributed by atoms with Crippen molar-refractivity contribution in [1.29, 1.82) is 0 Å². The number of hydrogen-bond acceptors (Lipinski definition) is 4. The number of benzene rings is 2. The van der Waals surface area contributed by atoms with Crippen molar-refractivity contribution in [2.24, 2.45) is 0 Å². The summed E-state index contributed by atoms with van der Waals surface area (Å²) in [6.07, 6.45) is 1.55. The number of halogens is 2. The molecular formula is C24H21FIN3O3. The molecule has 0 bridgehead atoms. The van der Waals surface area contributed by atoms with Crippen LogP contribution in [0.3, 0.4) is 0 Å². The SMILES string of the molecule is O=C(N/C(=C\c1ccc(I)o1)C(=O)N1CCN(c2ccc(F)cc2)CC1)c1ccccc1. The largest absolute Gasteiger partial charge is 0.451 e. The van der Waals surface area contributed by atoms with Gasteiger partial charge in [0.25, 0.3) is 11.8 Å². The third kappa shape index (κ3) is 5.37. The molecule has 2 heterocycles. The molecule has 1 N–H and O–H groups in total. The van der Waals surface area contributed by atoms with Gasteiger partial charge in [-0.25, -0.2) is 4.39 Å². The lowest BCUT2D eigenvalue weighted by Crippen LogP contribution is -2.50. The summed E-state index contributed by atoms with van der Waals surface area (Å²) in [6.45, 7) is 2.17. The lowest BCUT2D eigenvalue weighted by atomic mass is 10.2. The molecule has 1 aromatic heterocycles. The first-order valence-electron chi connectivity index (χ1n) is 10.1. The highest BCUT2D eigenvalue weighted by atomic mass is 127. The van der Waals surface area contributed by atoms with Gasteiger partial charge in [0.05, 0.1) is 0 Å². The van der Waals surface area contributed by atoms with E-state index in [1.807, 2.05) is 28.7 Å². The molecule has 1 aliphatic heterocycles. The van der Waals surface area contributed by atoms with Gasteiger partial charge < -0.3 is 19.5 Å². The van der Waals surface area contributed by atoms with Gasteiger partial charge in [0.1, 0.15) is 17.3 Å². The van der Waals surface area contributed by atoms with Crippen molar-refractivity contribution in [3.8, 4) is 0 Å². The first-order valence-corrected chi connectivity index (χ1v) is 11.2. The Hall–Kier alpha value is -3.14. The van der Waals surface area contributed by atoms with Crippen LogP contribution < -0.4 is 10.2 Å². The molecular weight excluding hydrogens is 524 g/mol. The van der Waals surface area contributed by atoms with Crippen LogP contribution in [-0.4, -0.2) is 42.9 Å². The highest BCUT2D eigenvalue weighted by molar-refractivity contribution is 14.1. The Morgan fingerprint density at radius 3 is 2.25 bits per heavy atom. The van der Waals surface area contributed by atoms with Crippen LogP contribution in [0.5, 0.6) is 0 Å². The minimum absolute atomic E-state index is 0.153. The highest BCUT2D eigenvalue weighted by Gasteiger charge is 2.25. The Morgan fingerprint density at radius 2 is 1.62 bits per heavy atom. The van der Waals surface area contributed by atoms with E-state index in [0.717, 1.165) is 5.69 Å². The number of rotatable bonds is 5. The number of piperazine rings is 1. The molecule has 0 spiro atoms. The Balaban J connectivity index is 1.49. The molecule has 1 saturated heterocycles. The van der Waals surface area contributed by atoms with Gasteiger partial charge in [0.15, 0.2) is 3.77 Å². The minimum atomic E-state index is -0.364. The zero-order chi connectivity index (χ0) is 22.5. The Kier molecular flexibility index (Phi) is 6.89. The maximum Gasteiger partial charge on any atom is 0.270 e. The van der Waals surface area contributed by atoms with E-state index < -0.39 is 0 Å². The summed E-state index contributed by atoms with van der Waals surface area (Å²) in [5.74, 6) is -0.439. The van der Waals surface area contributed by atoms with E-state index in [9.17, 15) is 14.0 Å². The average molecular weight is 545 g/mol. The molecule has 2 aromatic carbocycles. The van der Waals surface area contributed by atoms with Gasteiger partial charge in [-0.05, 0) is 71.1 Å². The van der Waals surface area contributed by atoms with Crippen LogP contribution in [0.2, 0.25) is 0 Å². The Morgan fingerprint density at radius 1 is 0.938 bits per heavy atom. The highest BCUT2D eigenvalue weighted by Crippen LogP contribution is 2.19. The van der Waals surface area contributed by atoms with E-state index >= 15 is 0 Å². The van der Waals surface area contributed by atoms with Crippen LogP contribution >= 0.6 is 22.6 Å². The van der Waals surface area contributed by atoms with E-state index in [1.165, 1.54) is 12.1 Å². The summed E-state index contributed by atoms with van der Waals surface area (Å²) in [6, 6.07) is 18.6. The minimum Gasteiger partial charge on any atom is -0.451 e. The summed E-state index contributed by atoms with van der Waals surface area (Å²) in [5, 5.41) is 2.75. The topological polar surface area (TPSA) is 65.8 Å². The maximum atomic E-state index is 13.3. The van der Waals surface area contributed by atoms with Crippen molar-refractivity contribution in [1.82, 2.24) is 10.2 Å². The predicted molar refractivity (Wildman–Crippen MR) is 129 cm³/mol. The van der Waals surface area contributed by atoms with E-state index in [1.54, 1.807) is 59.5 Å². The Labute approximate surface area is 198 Å². The van der Waals surface area contributed by atoms with Crippen LogP contribution in [0.15, 0.2) is 76.8 Å². The maximum absolute atomic E-state index is 13.3. The molecule has 3 aromatic rings. The monoisotopic (exact) mass is 545 g/mol. The zero-order valence-corrected chi connectivity index (χ0v) is 19.3. The fourth-order valence-corrected chi connectivity index (χ4v) is 3.91. The van der Waals surface area contributed by atoms with Gasteiger partial charge in [-0.15, -0.1) is 0 Å². The number of anilines is 1. The van der Waals surface area contributed by atoms with Gasteiger partial charge in [-0.3, -0.25) is 9.59 Å². The molecule has 1 aliphatic rings. The van der Waals surface area contributed by atoms with Crippen LogP contribution in [0.25, 0.3) is 6.08 Å². The molecule has 1 fully saturated rings. The van der Waals surface area contributed by atoms with Gasteiger partial charge >= 0.3 is 0 Å². The van der Waals surface area contributed by atoms with Crippen molar-refractivity contribution < 1.29 is 18.4 Å². The van der Waals surface area contributed by atoms with E-state index in [0.29, 0.717) is 41.3 Å². The number of carbonyl (C=O) groups is 2. The summed E-state index contributed by atoms with van der Waals surface area (Å²) in [4.78, 5) is 29.8. The molecule has 0 aliphatic carbocycles. The molecule has 0 atom stereocenters. The van der Waals surface area contributed by atoms with Crippen molar-refractivity contribution >= 4 is 46.2 Å². The molecule has 6 nitrogen and oxygen atoms in total. The number of furan rings is 1. The van der Waals surface area contributed by atoms with Crippen molar-refractivity contribution in [3.05, 3.63) is 93.3 Å². The second kappa shape index (κ2) is 9.99. The number of carbonyl (C=O) groups excluding carboxylic acids is 2. The second-order valence-corrected chi connectivity index (χ2v) is 8.34. The van der Waals surface area contributed by atoms with Crippen LogP contribution in [0.1, 0.15) is 16.1 Å². The van der Waals surface area contributed by atoms with Gasteiger partial charge in [0, 0.05) is 43.5 Å². The first kappa shape index (κ1) is 22.1. The normalized spacial score (nSPS) is 14.4. The van der Waals surface area contributed by atoms with Crippen molar-refractivity contribution in [3.63, 3.8) is 0 Å². The lowest BCUT2D eigenvalue weighted by Gasteiger charge is -2.36. The van der Waals surface area contributed by atoms with Crippen LogP contribution in [0, 0.1) is 9.58 Å². The summed E-state index contributed by atoms with van der Waals surface area (Å²) < 4.78 is 19.5. The molecule has 0 radical (unpaired) electrons. The summed E-state index contributed by atoms with van der Waals surface area (Å²) in [5.41, 5.74) is 1.53. The predicted octanol–water partition coefficient (Wildman–Crippen LogP) is 4.14. The molecule has 8 heteroatoms. The fraction of sp³-hybridized carbons (Fsp3) is 0.167. The molecule has 32 heavy (non-hydrogen) atoms. The quantitative estimate of drug-likeness (QED) is 0.387. The van der Waals surface area contributed by atoms with Gasteiger partial charge in [0.2, 0.25) is 0 Å². The third-order valence-corrected chi connectivity index (χ3v) is 5.73. The third-order valence-electron chi connectivity index (χ3n) is 5.15. The van der Waals surface area contributed by atoms with E-state index in [2.05, 4.69) is 10.2 Å². The number of nitrogens with zero attached hydrogens (tertiary/aromatic N) is 2. The summed E-state index contributed by atoms with van der Waals surface area (Å²) >= 11 is 2.04. The van der Waals surface area contributed by atoms with Gasteiger partial charge in [-0.1, -0.05) is 18.2 Å². The smallest absolute Gasteiger partial charge is 0.270 e. The van der Waals surface area contributed by atoms with Crippen molar-refractivity contribution in [2.45, 2.75) is 0 Å². The molecule has 0 unspecified atom stereocenters. The number of nitrogens with one attached hydrogen (secondary N) is 1. The lowest BCUT2D eigenvalue weighted by molar-refractivity contribution is -0.127. The molecule has 164 valence electrons. The average Bonchev–Trinajstić information content (AvgIpc) is 3.24. The van der Waals surface area contributed by atoms with Crippen LogP contribution in [-0.2, 0) is 4.79 Å².